The van der Waals surface area contributed by atoms with Gasteiger partial charge >= 0.3 is 5.97 Å². The van der Waals surface area contributed by atoms with Crippen LogP contribution in [0.3, 0.4) is 0 Å². The molecule has 0 aliphatic carbocycles. The van der Waals surface area contributed by atoms with E-state index in [1.54, 1.807) is 6.92 Å². The van der Waals surface area contributed by atoms with Gasteiger partial charge in [-0.1, -0.05) is 12.1 Å². The van der Waals surface area contributed by atoms with Gasteiger partial charge in [0, 0.05) is 6.54 Å². The highest BCUT2D eigenvalue weighted by atomic mass is 32.2. The number of carboxylic acids is 1. The molecule has 0 saturated carbocycles. The first-order chi connectivity index (χ1) is 12.3. The molecule has 26 heavy (non-hydrogen) atoms. The monoisotopic (exact) mass is 374 g/mol. The number of rotatable bonds is 5. The lowest BCUT2D eigenvalue weighted by Gasteiger charge is -2.24. The summed E-state index contributed by atoms with van der Waals surface area (Å²) in [5, 5.41) is 11.4. The lowest BCUT2D eigenvalue weighted by Crippen LogP contribution is -2.32. The number of nitrogens with zero attached hydrogens (tertiary/aromatic N) is 1. The van der Waals surface area contributed by atoms with Crippen molar-refractivity contribution in [3.63, 3.8) is 0 Å². The third-order valence-corrected chi connectivity index (χ3v) is 5.87. The summed E-state index contributed by atoms with van der Waals surface area (Å²) in [7, 11) is -4.14. The lowest BCUT2D eigenvalue weighted by molar-refractivity contribution is 0.0697. The number of fused-ring (bicyclic) bond motifs is 1. The van der Waals surface area contributed by atoms with Gasteiger partial charge in [-0.15, -0.1) is 0 Å². The zero-order valence-electron chi connectivity index (χ0n) is 13.6. The molecule has 0 spiro atoms. The maximum Gasteiger partial charge on any atom is 0.337 e. The minimum absolute atomic E-state index is 0.0172. The Morgan fingerprint density at radius 2 is 1.73 bits per heavy atom. The number of imide groups is 1. The molecule has 1 aliphatic heterocycles. The first-order valence-corrected chi connectivity index (χ1v) is 9.06. The van der Waals surface area contributed by atoms with E-state index in [0.29, 0.717) is 0 Å². The van der Waals surface area contributed by atoms with E-state index < -0.39 is 27.8 Å². The van der Waals surface area contributed by atoms with Gasteiger partial charge in [0.1, 0.15) is 0 Å². The van der Waals surface area contributed by atoms with E-state index in [2.05, 4.69) is 5.32 Å². The fraction of sp³-hybridized carbons (Fsp3) is 0.118. The van der Waals surface area contributed by atoms with E-state index >= 15 is 0 Å². The number of benzene rings is 2. The molecule has 2 N–H and O–H groups in total. The second kappa shape index (κ2) is 6.26. The van der Waals surface area contributed by atoms with Crippen molar-refractivity contribution < 1.29 is 27.9 Å². The van der Waals surface area contributed by atoms with Crippen LogP contribution >= 0.6 is 0 Å². The van der Waals surface area contributed by atoms with Gasteiger partial charge in [-0.3, -0.25) is 19.2 Å². The van der Waals surface area contributed by atoms with Gasteiger partial charge < -0.3 is 5.11 Å². The van der Waals surface area contributed by atoms with Crippen LogP contribution in [0.25, 0.3) is 0 Å². The van der Waals surface area contributed by atoms with Crippen LogP contribution in [0.2, 0.25) is 0 Å². The normalized spacial score (nSPS) is 13.3. The number of carbonyl (C=O) groups is 3. The van der Waals surface area contributed by atoms with Crippen molar-refractivity contribution in [1.82, 2.24) is 5.32 Å². The Kier molecular flexibility index (Phi) is 4.25. The molecule has 0 saturated heterocycles. The smallest absolute Gasteiger partial charge is 0.337 e. The minimum Gasteiger partial charge on any atom is -0.478 e. The topological polar surface area (TPSA) is 121 Å². The van der Waals surface area contributed by atoms with Gasteiger partial charge in [-0.2, -0.15) is 0 Å². The molecule has 134 valence electrons. The number of anilines is 1. The summed E-state index contributed by atoms with van der Waals surface area (Å²) in [5.41, 5.74) is -0.0721. The Morgan fingerprint density at radius 1 is 1.08 bits per heavy atom. The molecule has 9 heteroatoms. The van der Waals surface area contributed by atoms with Crippen LogP contribution < -0.4 is 9.62 Å². The van der Waals surface area contributed by atoms with Crippen molar-refractivity contribution >= 4 is 33.5 Å². The first-order valence-electron chi connectivity index (χ1n) is 7.62. The molecule has 0 atom stereocenters. The summed E-state index contributed by atoms with van der Waals surface area (Å²) in [5.74, 6) is -2.51. The first kappa shape index (κ1) is 17.6. The SMILES string of the molecule is CCN(c1ccccc1C(=O)O)S(=O)(=O)c1ccc2c(c1)C(=O)NC2=O. The average Bonchev–Trinajstić information content (AvgIpc) is 2.89. The molecule has 3 rings (SSSR count). The molecule has 2 aromatic carbocycles. The van der Waals surface area contributed by atoms with Crippen LogP contribution in [-0.2, 0) is 10.0 Å². The molecule has 1 aliphatic rings. The highest BCUT2D eigenvalue weighted by Crippen LogP contribution is 2.29. The molecule has 0 bridgehead atoms. The van der Waals surface area contributed by atoms with Crippen molar-refractivity contribution in [3.8, 4) is 0 Å². The molecular formula is C17H14N2O6S. The summed E-state index contributed by atoms with van der Waals surface area (Å²) in [6.07, 6.45) is 0. The van der Waals surface area contributed by atoms with E-state index in [1.807, 2.05) is 0 Å². The van der Waals surface area contributed by atoms with Crippen LogP contribution in [0, 0.1) is 0 Å². The number of para-hydroxylation sites is 1. The van der Waals surface area contributed by atoms with Crippen molar-refractivity contribution in [2.75, 3.05) is 10.8 Å². The standard InChI is InChI=1S/C17H14N2O6S/c1-2-19(14-6-4-3-5-12(14)17(22)23)26(24,25)10-7-8-11-13(9-10)16(21)18-15(11)20/h3-9H,2H2,1H3,(H,22,23)(H,18,20,21). The number of amides is 2. The molecule has 8 nitrogen and oxygen atoms in total. The number of aromatic carboxylic acids is 1. The van der Waals surface area contributed by atoms with Gasteiger partial charge in [0.25, 0.3) is 21.8 Å². The Balaban J connectivity index is 2.13. The maximum absolute atomic E-state index is 13.0. The minimum atomic E-state index is -4.14. The Labute approximate surface area is 149 Å². The van der Waals surface area contributed by atoms with Crippen LogP contribution in [-0.4, -0.2) is 37.9 Å². The van der Waals surface area contributed by atoms with E-state index in [-0.39, 0.29) is 33.8 Å². The zero-order chi connectivity index (χ0) is 19.1. The number of hydrogen-bond acceptors (Lipinski definition) is 5. The average molecular weight is 374 g/mol. The molecule has 0 unspecified atom stereocenters. The summed E-state index contributed by atoms with van der Waals surface area (Å²) in [4.78, 5) is 34.6. The Bertz CT molecular complexity index is 1040. The van der Waals surface area contributed by atoms with Crippen LogP contribution in [0.5, 0.6) is 0 Å². The largest absolute Gasteiger partial charge is 0.478 e. The fourth-order valence-electron chi connectivity index (χ4n) is 2.78. The lowest BCUT2D eigenvalue weighted by atomic mass is 10.1. The molecular weight excluding hydrogens is 360 g/mol. The van der Waals surface area contributed by atoms with Gasteiger partial charge in [-0.05, 0) is 37.3 Å². The highest BCUT2D eigenvalue weighted by molar-refractivity contribution is 7.92. The zero-order valence-corrected chi connectivity index (χ0v) is 14.4. The molecule has 1 heterocycles. The second-order valence-electron chi connectivity index (χ2n) is 5.48. The van der Waals surface area contributed by atoms with E-state index in [9.17, 15) is 27.9 Å². The van der Waals surface area contributed by atoms with Crippen LogP contribution in [0.1, 0.15) is 38.0 Å². The summed E-state index contributed by atoms with van der Waals surface area (Å²) in [6.45, 7) is 1.55. The molecule has 0 radical (unpaired) electrons. The fourth-order valence-corrected chi connectivity index (χ4v) is 4.30. The van der Waals surface area contributed by atoms with E-state index in [0.717, 1.165) is 10.4 Å². The van der Waals surface area contributed by atoms with Crippen LogP contribution in [0.15, 0.2) is 47.4 Å². The van der Waals surface area contributed by atoms with Crippen molar-refractivity contribution in [1.29, 1.82) is 0 Å². The van der Waals surface area contributed by atoms with Gasteiger partial charge in [0.15, 0.2) is 0 Å². The predicted molar refractivity (Wildman–Crippen MR) is 91.8 cm³/mol. The highest BCUT2D eigenvalue weighted by Gasteiger charge is 2.32. The molecule has 0 aromatic heterocycles. The van der Waals surface area contributed by atoms with Gasteiger partial charge in [0.2, 0.25) is 0 Å². The van der Waals surface area contributed by atoms with Crippen LogP contribution in [0.4, 0.5) is 5.69 Å². The number of nitrogens with one attached hydrogen (secondary N) is 1. The number of sulfonamides is 1. The third-order valence-electron chi connectivity index (χ3n) is 3.99. The van der Waals surface area contributed by atoms with E-state index in [1.165, 1.54) is 36.4 Å². The molecule has 2 amide bonds. The van der Waals surface area contributed by atoms with Crippen molar-refractivity contribution in [2.45, 2.75) is 11.8 Å². The van der Waals surface area contributed by atoms with Crippen molar-refractivity contribution in [3.05, 3.63) is 59.2 Å². The van der Waals surface area contributed by atoms with Gasteiger partial charge in [-0.25, -0.2) is 13.2 Å². The predicted octanol–water partition coefficient (Wildman–Crippen LogP) is 1.48. The molecule has 2 aromatic rings. The number of hydrogen-bond donors (Lipinski definition) is 2. The molecule has 0 fully saturated rings. The summed E-state index contributed by atoms with van der Waals surface area (Å²) < 4.78 is 27.0. The summed E-state index contributed by atoms with van der Waals surface area (Å²) in [6, 6.07) is 9.35. The number of carbonyl (C=O) groups excluding carboxylic acids is 2. The Hall–Kier alpha value is -3.20. The van der Waals surface area contributed by atoms with Gasteiger partial charge in [0.05, 0.1) is 27.3 Å². The van der Waals surface area contributed by atoms with Crippen molar-refractivity contribution in [2.24, 2.45) is 0 Å². The number of carboxylic acid groups (broad SMARTS) is 1. The quantitative estimate of drug-likeness (QED) is 0.765. The maximum atomic E-state index is 13.0. The Morgan fingerprint density at radius 3 is 2.38 bits per heavy atom. The van der Waals surface area contributed by atoms with E-state index in [4.69, 9.17) is 0 Å². The second-order valence-corrected chi connectivity index (χ2v) is 7.35. The third kappa shape index (κ3) is 2.72. The summed E-state index contributed by atoms with van der Waals surface area (Å²) >= 11 is 0.